The van der Waals surface area contributed by atoms with Gasteiger partial charge < -0.3 is 21.1 Å². The zero-order valence-corrected chi connectivity index (χ0v) is 17.8. The standard InChI is InChI=1S/C23H27N3O5/c1-14(2)19(26-22(29)16-10-7-11-17(13-16)31-3)23(30)25-18(20(27)21(24)28)12-15-8-5-4-6-9-15/h4-11,13-14,18-19H,12H2,1-3H3,(H2,24,28)(H,25,30)(H,26,29)/t18-,19-/m0/s1. The first-order chi connectivity index (χ1) is 14.7. The number of nitrogens with one attached hydrogen (secondary N) is 2. The maximum Gasteiger partial charge on any atom is 0.287 e. The van der Waals surface area contributed by atoms with Crippen LogP contribution in [0.3, 0.4) is 0 Å². The topological polar surface area (TPSA) is 128 Å². The Kier molecular flexibility index (Phi) is 8.31. The Balaban J connectivity index is 2.18. The van der Waals surface area contributed by atoms with Gasteiger partial charge in [-0.05, 0) is 29.7 Å². The van der Waals surface area contributed by atoms with Crippen molar-refractivity contribution < 1.29 is 23.9 Å². The minimum atomic E-state index is -1.14. The normalized spacial score (nSPS) is 12.5. The summed E-state index contributed by atoms with van der Waals surface area (Å²) in [6, 6.07) is 13.4. The van der Waals surface area contributed by atoms with E-state index in [0.717, 1.165) is 5.56 Å². The fourth-order valence-electron chi connectivity index (χ4n) is 3.02. The van der Waals surface area contributed by atoms with Crippen LogP contribution >= 0.6 is 0 Å². The van der Waals surface area contributed by atoms with Gasteiger partial charge in [0.25, 0.3) is 11.8 Å². The SMILES string of the molecule is COc1cccc(C(=O)N[C@H](C(=O)N[C@@H](Cc2ccccc2)C(=O)C(N)=O)C(C)C)c1. The minimum absolute atomic E-state index is 0.100. The summed E-state index contributed by atoms with van der Waals surface area (Å²) < 4.78 is 5.12. The van der Waals surface area contributed by atoms with Gasteiger partial charge in [0.1, 0.15) is 17.8 Å². The highest BCUT2D eigenvalue weighted by Gasteiger charge is 2.31. The van der Waals surface area contributed by atoms with Gasteiger partial charge in [0.15, 0.2) is 0 Å². The lowest BCUT2D eigenvalue weighted by Crippen LogP contribution is -2.55. The summed E-state index contributed by atoms with van der Waals surface area (Å²) in [6.07, 6.45) is 0.100. The van der Waals surface area contributed by atoms with Crippen molar-refractivity contribution in [2.75, 3.05) is 7.11 Å². The Hall–Kier alpha value is -3.68. The lowest BCUT2D eigenvalue weighted by Gasteiger charge is -2.25. The van der Waals surface area contributed by atoms with Crippen LogP contribution in [0.15, 0.2) is 54.6 Å². The molecule has 0 aliphatic rings. The molecule has 3 amide bonds. The predicted octanol–water partition coefficient (Wildman–Crippen LogP) is 1.23. The molecule has 2 aromatic carbocycles. The van der Waals surface area contributed by atoms with Crippen LogP contribution in [0.25, 0.3) is 0 Å². The molecular formula is C23H27N3O5. The molecule has 0 fully saturated rings. The molecule has 4 N–H and O–H groups in total. The summed E-state index contributed by atoms with van der Waals surface area (Å²) in [4.78, 5) is 49.4. The molecule has 2 atom stereocenters. The number of amides is 3. The quantitative estimate of drug-likeness (QED) is 0.494. The number of rotatable bonds is 10. The molecular weight excluding hydrogens is 398 g/mol. The van der Waals surface area contributed by atoms with E-state index in [1.54, 1.807) is 62.4 Å². The summed E-state index contributed by atoms with van der Waals surface area (Å²) in [6.45, 7) is 3.52. The van der Waals surface area contributed by atoms with Crippen LogP contribution in [0.4, 0.5) is 0 Å². The summed E-state index contributed by atoms with van der Waals surface area (Å²) in [7, 11) is 1.49. The summed E-state index contributed by atoms with van der Waals surface area (Å²) in [5, 5.41) is 5.27. The molecule has 0 saturated carbocycles. The van der Waals surface area contributed by atoms with Crippen molar-refractivity contribution in [1.82, 2.24) is 10.6 Å². The van der Waals surface area contributed by atoms with Gasteiger partial charge in [0.05, 0.1) is 7.11 Å². The number of Topliss-reactive ketones (excluding diaryl/α,β-unsaturated/α-hetero) is 1. The number of hydrogen-bond donors (Lipinski definition) is 3. The molecule has 164 valence electrons. The van der Waals surface area contributed by atoms with Crippen molar-refractivity contribution in [2.24, 2.45) is 11.7 Å². The van der Waals surface area contributed by atoms with Gasteiger partial charge in [-0.2, -0.15) is 0 Å². The third-order valence-corrected chi connectivity index (χ3v) is 4.73. The van der Waals surface area contributed by atoms with Crippen LogP contribution in [-0.4, -0.2) is 42.7 Å². The highest BCUT2D eigenvalue weighted by atomic mass is 16.5. The van der Waals surface area contributed by atoms with Gasteiger partial charge >= 0.3 is 0 Å². The van der Waals surface area contributed by atoms with E-state index < -0.39 is 35.6 Å². The number of ether oxygens (including phenoxy) is 1. The number of carbonyl (C=O) groups is 4. The number of hydrogen-bond acceptors (Lipinski definition) is 5. The Morgan fingerprint density at radius 3 is 2.23 bits per heavy atom. The minimum Gasteiger partial charge on any atom is -0.497 e. The number of carbonyl (C=O) groups excluding carboxylic acids is 4. The lowest BCUT2D eigenvalue weighted by molar-refractivity contribution is -0.138. The second-order valence-corrected chi connectivity index (χ2v) is 7.41. The van der Waals surface area contributed by atoms with E-state index in [2.05, 4.69) is 10.6 Å². The Bertz CT molecular complexity index is 943. The van der Waals surface area contributed by atoms with Crippen molar-refractivity contribution in [3.05, 3.63) is 65.7 Å². The molecule has 8 heteroatoms. The molecule has 0 unspecified atom stereocenters. The smallest absolute Gasteiger partial charge is 0.287 e. The second-order valence-electron chi connectivity index (χ2n) is 7.41. The molecule has 0 aromatic heterocycles. The highest BCUT2D eigenvalue weighted by Crippen LogP contribution is 2.14. The Morgan fingerprint density at radius 2 is 1.65 bits per heavy atom. The molecule has 0 aliphatic heterocycles. The van der Waals surface area contributed by atoms with Crippen molar-refractivity contribution in [2.45, 2.75) is 32.4 Å². The summed E-state index contributed by atoms with van der Waals surface area (Å²) >= 11 is 0. The number of nitrogens with two attached hydrogens (primary N) is 1. The zero-order valence-electron chi connectivity index (χ0n) is 17.8. The molecule has 0 bridgehead atoms. The maximum absolute atomic E-state index is 12.9. The van der Waals surface area contributed by atoms with Crippen molar-refractivity contribution in [1.29, 1.82) is 0 Å². The molecule has 0 saturated heterocycles. The van der Waals surface area contributed by atoms with Crippen molar-refractivity contribution in [3.8, 4) is 5.75 Å². The zero-order chi connectivity index (χ0) is 23.0. The monoisotopic (exact) mass is 425 g/mol. The van der Waals surface area contributed by atoms with E-state index in [1.807, 2.05) is 6.07 Å². The molecule has 2 rings (SSSR count). The fourth-order valence-corrected chi connectivity index (χ4v) is 3.02. The van der Waals surface area contributed by atoms with Crippen LogP contribution in [0.2, 0.25) is 0 Å². The molecule has 31 heavy (non-hydrogen) atoms. The third kappa shape index (κ3) is 6.67. The largest absolute Gasteiger partial charge is 0.497 e. The first kappa shape index (κ1) is 23.6. The van der Waals surface area contributed by atoms with Crippen LogP contribution in [0.1, 0.15) is 29.8 Å². The van der Waals surface area contributed by atoms with E-state index in [-0.39, 0.29) is 12.3 Å². The first-order valence-electron chi connectivity index (χ1n) is 9.85. The average molecular weight is 425 g/mol. The first-order valence-corrected chi connectivity index (χ1v) is 9.85. The Labute approximate surface area is 181 Å². The molecule has 8 nitrogen and oxygen atoms in total. The van der Waals surface area contributed by atoms with Crippen LogP contribution < -0.4 is 21.1 Å². The number of methoxy groups -OCH3 is 1. The average Bonchev–Trinajstić information content (AvgIpc) is 2.76. The van der Waals surface area contributed by atoms with E-state index in [1.165, 1.54) is 7.11 Å². The van der Waals surface area contributed by atoms with E-state index >= 15 is 0 Å². The van der Waals surface area contributed by atoms with Crippen LogP contribution in [0, 0.1) is 5.92 Å². The van der Waals surface area contributed by atoms with Crippen molar-refractivity contribution in [3.63, 3.8) is 0 Å². The van der Waals surface area contributed by atoms with E-state index in [0.29, 0.717) is 11.3 Å². The van der Waals surface area contributed by atoms with Gasteiger partial charge in [0, 0.05) is 12.0 Å². The van der Waals surface area contributed by atoms with Gasteiger partial charge in [-0.3, -0.25) is 19.2 Å². The summed E-state index contributed by atoms with van der Waals surface area (Å²) in [5.41, 5.74) is 6.24. The molecule has 0 aliphatic carbocycles. The summed E-state index contributed by atoms with van der Waals surface area (Å²) in [5.74, 6) is -2.86. The third-order valence-electron chi connectivity index (χ3n) is 4.73. The maximum atomic E-state index is 12.9. The van der Waals surface area contributed by atoms with Gasteiger partial charge in [-0.15, -0.1) is 0 Å². The molecule has 0 radical (unpaired) electrons. The number of primary amides is 1. The van der Waals surface area contributed by atoms with Gasteiger partial charge in [-0.25, -0.2) is 0 Å². The fraction of sp³-hybridized carbons (Fsp3) is 0.304. The van der Waals surface area contributed by atoms with E-state index in [4.69, 9.17) is 10.5 Å². The molecule has 0 heterocycles. The number of benzene rings is 2. The predicted molar refractivity (Wildman–Crippen MR) is 115 cm³/mol. The highest BCUT2D eigenvalue weighted by molar-refractivity contribution is 6.38. The van der Waals surface area contributed by atoms with Gasteiger partial charge in [0.2, 0.25) is 11.7 Å². The van der Waals surface area contributed by atoms with Crippen molar-refractivity contribution >= 4 is 23.5 Å². The van der Waals surface area contributed by atoms with E-state index in [9.17, 15) is 19.2 Å². The number of ketones is 1. The molecule has 2 aromatic rings. The molecule has 0 spiro atoms. The van der Waals surface area contributed by atoms with Crippen LogP contribution in [0.5, 0.6) is 5.75 Å². The Morgan fingerprint density at radius 1 is 0.968 bits per heavy atom. The van der Waals surface area contributed by atoms with Gasteiger partial charge in [-0.1, -0.05) is 50.2 Å². The van der Waals surface area contributed by atoms with Crippen LogP contribution in [-0.2, 0) is 20.8 Å². The second kappa shape index (κ2) is 10.9. The lowest BCUT2D eigenvalue weighted by atomic mass is 9.99.